The van der Waals surface area contributed by atoms with Crippen molar-refractivity contribution in [2.75, 3.05) is 0 Å². The summed E-state index contributed by atoms with van der Waals surface area (Å²) < 4.78 is 0. The zero-order chi connectivity index (χ0) is 22.1. The molecule has 3 rings (SSSR count). The number of phenols is 2. The third kappa shape index (κ3) is 13.1. The normalized spacial score (nSPS) is 13.9. The van der Waals surface area contributed by atoms with E-state index in [9.17, 15) is 10.2 Å². The Balaban J connectivity index is 0. The Labute approximate surface area is 212 Å². The molecule has 0 heterocycles. The Hall–Kier alpha value is -0.274. The van der Waals surface area contributed by atoms with E-state index < -0.39 is 16.1 Å². The van der Waals surface area contributed by atoms with E-state index in [-0.39, 0.29) is 29.8 Å². The largest absolute Gasteiger partial charge is 0.508 e. The summed E-state index contributed by atoms with van der Waals surface area (Å²) in [6, 6.07) is 15.2. The van der Waals surface area contributed by atoms with Gasteiger partial charge in [0.2, 0.25) is 0 Å². The van der Waals surface area contributed by atoms with Gasteiger partial charge in [0.25, 0.3) is 0 Å². The monoisotopic (exact) mass is 536 g/mol. The molecule has 7 heteroatoms. The molecular weight excluding hydrogens is 495 g/mol. The van der Waals surface area contributed by atoms with Crippen molar-refractivity contribution in [3.63, 3.8) is 0 Å². The zero-order valence-corrected chi connectivity index (χ0v) is 25.3. The topological polar surface area (TPSA) is 40.5 Å². The van der Waals surface area contributed by atoms with Crippen molar-refractivity contribution in [3.8, 4) is 11.5 Å². The summed E-state index contributed by atoms with van der Waals surface area (Å²) >= 11 is 0. The van der Waals surface area contributed by atoms with E-state index in [0.717, 1.165) is 16.0 Å². The third-order valence-corrected chi connectivity index (χ3v) is 9.82. The van der Waals surface area contributed by atoms with Gasteiger partial charge in [-0.15, -0.1) is 21.6 Å². The third-order valence-electron chi connectivity index (χ3n) is 5.07. The summed E-state index contributed by atoms with van der Waals surface area (Å²) in [5, 5.41) is 21.2. The van der Waals surface area contributed by atoms with E-state index in [2.05, 4.69) is 48.5 Å². The van der Waals surface area contributed by atoms with Gasteiger partial charge in [0.05, 0.1) is 16.1 Å². The van der Waals surface area contributed by atoms with Crippen molar-refractivity contribution in [2.24, 2.45) is 0 Å². The van der Waals surface area contributed by atoms with Crippen molar-refractivity contribution in [2.45, 2.75) is 77.0 Å². The molecule has 1 unspecified atom stereocenters. The Morgan fingerprint density at radius 2 is 1.00 bits per heavy atom. The second-order valence-electron chi connectivity index (χ2n) is 9.93. The van der Waals surface area contributed by atoms with Gasteiger partial charge < -0.3 is 10.2 Å². The van der Waals surface area contributed by atoms with Crippen LogP contribution < -0.4 is 10.4 Å². The van der Waals surface area contributed by atoms with E-state index in [1.54, 1.807) is 12.1 Å². The number of hydrogen-bond donors (Lipinski definition) is 2. The molecule has 0 aliphatic heterocycles. The van der Waals surface area contributed by atoms with Crippen LogP contribution in [0.3, 0.4) is 0 Å². The molecule has 0 bridgehead atoms. The van der Waals surface area contributed by atoms with Gasteiger partial charge in [0.15, 0.2) is 0 Å². The Morgan fingerprint density at radius 1 is 0.677 bits per heavy atom. The van der Waals surface area contributed by atoms with Crippen LogP contribution >= 0.6 is 21.6 Å². The van der Waals surface area contributed by atoms with E-state index >= 15 is 0 Å². The minimum absolute atomic E-state index is 0. The van der Waals surface area contributed by atoms with Crippen LogP contribution in [0.5, 0.6) is 11.5 Å². The standard InChI is InChI=1S/2C9H14OSi.C6H13P.ClH.Cr/c2*1-11(2,3)9-7-5-4-6-8(9)10;7-6-4-2-1-3-5-6;;/h2*4-7,10H,1-3H3;6H,1-5,7H2;1H;. The fourth-order valence-electron chi connectivity index (χ4n) is 3.35. The van der Waals surface area contributed by atoms with E-state index in [0.29, 0.717) is 11.5 Å². The van der Waals surface area contributed by atoms with Crippen LogP contribution in [-0.4, -0.2) is 32.0 Å². The molecular formula is C24H42ClCrO2PSi2. The minimum Gasteiger partial charge on any atom is -0.508 e. The van der Waals surface area contributed by atoms with Crippen LogP contribution in [0.25, 0.3) is 0 Å². The second-order valence-corrected chi connectivity index (χ2v) is 21.0. The maximum atomic E-state index is 9.48. The van der Waals surface area contributed by atoms with Gasteiger partial charge >= 0.3 is 0 Å². The molecule has 0 spiro atoms. The molecule has 1 saturated carbocycles. The summed E-state index contributed by atoms with van der Waals surface area (Å²) in [5.74, 6) is 0.901. The molecule has 2 nitrogen and oxygen atoms in total. The molecule has 0 saturated heterocycles. The van der Waals surface area contributed by atoms with Crippen LogP contribution in [0, 0.1) is 0 Å². The first-order valence-electron chi connectivity index (χ1n) is 10.8. The number of rotatable bonds is 2. The molecule has 2 aromatic carbocycles. The summed E-state index contributed by atoms with van der Waals surface area (Å²) in [4.78, 5) is 0. The second kappa shape index (κ2) is 15.5. The average Bonchev–Trinajstić information content (AvgIpc) is 2.62. The quantitative estimate of drug-likeness (QED) is 0.340. The molecule has 1 aliphatic carbocycles. The van der Waals surface area contributed by atoms with Crippen LogP contribution in [0.15, 0.2) is 48.5 Å². The van der Waals surface area contributed by atoms with Gasteiger partial charge in [-0.3, -0.25) is 0 Å². The summed E-state index contributed by atoms with van der Waals surface area (Å²) in [7, 11) is 0.250. The number of aromatic hydroxyl groups is 2. The molecule has 0 aromatic heterocycles. The molecule has 31 heavy (non-hydrogen) atoms. The van der Waals surface area contributed by atoms with Crippen molar-refractivity contribution in [3.05, 3.63) is 48.5 Å². The van der Waals surface area contributed by atoms with Crippen molar-refractivity contribution >= 4 is 48.2 Å². The minimum atomic E-state index is -1.33. The molecule has 1 fully saturated rings. The molecule has 1 atom stereocenters. The fourth-order valence-corrected chi connectivity index (χ4v) is 6.72. The Bertz CT molecular complexity index is 687. The van der Waals surface area contributed by atoms with Crippen LogP contribution in [-0.2, 0) is 17.4 Å². The zero-order valence-electron chi connectivity index (χ0n) is 20.0. The van der Waals surface area contributed by atoms with E-state index in [1.165, 1.54) is 32.1 Å². The predicted molar refractivity (Wildman–Crippen MR) is 146 cm³/mol. The van der Waals surface area contributed by atoms with Crippen LogP contribution in [0.2, 0.25) is 39.3 Å². The Morgan fingerprint density at radius 3 is 1.19 bits per heavy atom. The van der Waals surface area contributed by atoms with Gasteiger partial charge in [-0.1, -0.05) is 94.9 Å². The van der Waals surface area contributed by atoms with Gasteiger partial charge in [0, 0.05) is 17.4 Å². The fraction of sp³-hybridized carbons (Fsp3) is 0.500. The maximum absolute atomic E-state index is 9.48. The number of hydrogen-bond acceptors (Lipinski definition) is 2. The SMILES string of the molecule is C[Si](C)(C)c1ccccc1O.C[Si](C)(C)c1ccccc1O.Cl.PC1CCCCC1.[Cr]. The smallest absolute Gasteiger partial charge is 0.114 e. The Kier molecular flexibility index (Phi) is 16.5. The summed E-state index contributed by atoms with van der Waals surface area (Å²) in [6.45, 7) is 13.3. The predicted octanol–water partition coefficient (Wildman–Crippen LogP) is 6.49. The van der Waals surface area contributed by atoms with Crippen molar-refractivity contribution in [1.29, 1.82) is 0 Å². The molecule has 2 aromatic rings. The summed E-state index contributed by atoms with van der Waals surface area (Å²) in [6.07, 6.45) is 7.31. The van der Waals surface area contributed by atoms with E-state index in [1.807, 2.05) is 36.4 Å². The van der Waals surface area contributed by atoms with Gasteiger partial charge in [-0.2, -0.15) is 0 Å². The first-order chi connectivity index (χ1) is 13.4. The van der Waals surface area contributed by atoms with Crippen molar-refractivity contribution < 1.29 is 27.6 Å². The summed E-state index contributed by atoms with van der Waals surface area (Å²) in [5.41, 5.74) is 0.953. The van der Waals surface area contributed by atoms with Gasteiger partial charge in [-0.05, 0) is 41.0 Å². The molecule has 0 radical (unpaired) electrons. The maximum Gasteiger partial charge on any atom is 0.114 e. The van der Waals surface area contributed by atoms with Gasteiger partial charge in [-0.25, -0.2) is 0 Å². The average molecular weight is 537 g/mol. The van der Waals surface area contributed by atoms with Crippen molar-refractivity contribution in [1.82, 2.24) is 0 Å². The van der Waals surface area contributed by atoms with Crippen LogP contribution in [0.4, 0.5) is 0 Å². The molecule has 2 N–H and O–H groups in total. The van der Waals surface area contributed by atoms with Gasteiger partial charge in [0.1, 0.15) is 11.5 Å². The number of benzene rings is 2. The number of para-hydroxylation sites is 2. The molecule has 1 aliphatic rings. The first-order valence-corrected chi connectivity index (χ1v) is 18.4. The number of phenolic OH excluding ortho intramolecular Hbond substituents is 2. The molecule has 176 valence electrons. The molecule has 0 amide bonds. The van der Waals surface area contributed by atoms with Crippen LogP contribution in [0.1, 0.15) is 32.1 Å². The van der Waals surface area contributed by atoms with E-state index in [4.69, 9.17) is 0 Å². The number of halogens is 1. The first kappa shape index (κ1) is 32.9.